The lowest BCUT2D eigenvalue weighted by Crippen LogP contribution is -2.21. The molecule has 0 bridgehead atoms. The van der Waals surface area contributed by atoms with Crippen molar-refractivity contribution in [3.8, 4) is 0 Å². The molecule has 0 aromatic heterocycles. The predicted octanol–water partition coefficient (Wildman–Crippen LogP) is 0.420. The van der Waals surface area contributed by atoms with Gasteiger partial charge in [-0.2, -0.15) is 0 Å². The van der Waals surface area contributed by atoms with Crippen LogP contribution in [0.3, 0.4) is 0 Å². The van der Waals surface area contributed by atoms with Crippen LogP contribution >= 0.6 is 0 Å². The highest BCUT2D eigenvalue weighted by molar-refractivity contribution is 5.12. The fraction of sp³-hybridized carbons (Fsp3) is 1.00. The zero-order valence-electron chi connectivity index (χ0n) is 7.45. The van der Waals surface area contributed by atoms with Crippen molar-refractivity contribution in [2.45, 2.75) is 18.9 Å². The minimum Gasteiger partial charge on any atom is -0.396 e. The van der Waals surface area contributed by atoms with E-state index in [0.717, 1.165) is 26.1 Å². The highest BCUT2D eigenvalue weighted by atomic mass is 16.5. The van der Waals surface area contributed by atoms with Crippen molar-refractivity contribution in [1.82, 2.24) is 0 Å². The summed E-state index contributed by atoms with van der Waals surface area (Å²) >= 11 is 0. The molecule has 2 atom stereocenters. The van der Waals surface area contributed by atoms with Crippen molar-refractivity contribution in [3.05, 3.63) is 0 Å². The van der Waals surface area contributed by atoms with Crippen LogP contribution in [0.4, 0.5) is 0 Å². The van der Waals surface area contributed by atoms with Gasteiger partial charge in [0.15, 0.2) is 0 Å². The summed E-state index contributed by atoms with van der Waals surface area (Å²) in [5.74, 6) is 0.367. The van der Waals surface area contributed by atoms with Crippen molar-refractivity contribution >= 4 is 0 Å². The minimum absolute atomic E-state index is 0.262. The van der Waals surface area contributed by atoms with E-state index in [1.165, 1.54) is 0 Å². The Balaban J connectivity index is 2.01. The standard InChI is InChI=1S/C9H16O3/c1-11-8-7(6-10)9(8)2-4-12-5-3-9/h7-8,10H,2-6H2,1H3/t7-,8+/m0/s1. The first-order chi connectivity index (χ1) is 5.85. The molecule has 3 nitrogen and oxygen atoms in total. The molecule has 1 saturated heterocycles. The number of aliphatic hydroxyl groups excluding tert-OH is 1. The van der Waals surface area contributed by atoms with Crippen LogP contribution in [0.25, 0.3) is 0 Å². The molecule has 0 aromatic carbocycles. The van der Waals surface area contributed by atoms with Gasteiger partial charge < -0.3 is 14.6 Å². The third-order valence-corrected chi connectivity index (χ3v) is 3.44. The Kier molecular flexibility index (Phi) is 2.10. The zero-order valence-corrected chi connectivity index (χ0v) is 7.45. The number of aliphatic hydroxyl groups is 1. The fourth-order valence-corrected chi connectivity index (χ4v) is 2.62. The quantitative estimate of drug-likeness (QED) is 0.656. The van der Waals surface area contributed by atoms with Crippen LogP contribution < -0.4 is 0 Å². The lowest BCUT2D eigenvalue weighted by Gasteiger charge is -2.22. The average Bonchev–Trinajstić information content (AvgIpc) is 2.73. The van der Waals surface area contributed by atoms with E-state index in [-0.39, 0.29) is 18.1 Å². The second-order valence-corrected chi connectivity index (χ2v) is 3.79. The second-order valence-electron chi connectivity index (χ2n) is 3.79. The second kappa shape index (κ2) is 2.98. The number of hydrogen-bond donors (Lipinski definition) is 1. The van der Waals surface area contributed by atoms with Gasteiger partial charge in [-0.25, -0.2) is 0 Å². The summed E-state index contributed by atoms with van der Waals surface area (Å²) in [5.41, 5.74) is 0.266. The molecule has 1 heterocycles. The highest BCUT2D eigenvalue weighted by Crippen LogP contribution is 2.60. The molecule has 70 valence electrons. The Morgan fingerprint density at radius 2 is 2.17 bits per heavy atom. The van der Waals surface area contributed by atoms with Crippen molar-refractivity contribution in [3.63, 3.8) is 0 Å². The molecule has 12 heavy (non-hydrogen) atoms. The molecular formula is C9H16O3. The van der Waals surface area contributed by atoms with Gasteiger partial charge in [0, 0.05) is 38.3 Å². The number of methoxy groups -OCH3 is 1. The predicted molar refractivity (Wildman–Crippen MR) is 43.9 cm³/mol. The topological polar surface area (TPSA) is 38.7 Å². The summed E-state index contributed by atoms with van der Waals surface area (Å²) in [7, 11) is 1.73. The van der Waals surface area contributed by atoms with Crippen LogP contribution in [0.5, 0.6) is 0 Å². The maximum Gasteiger partial charge on any atom is 0.0690 e. The molecule has 1 aliphatic heterocycles. The Morgan fingerprint density at radius 1 is 1.50 bits per heavy atom. The Bertz CT molecular complexity index is 151. The molecule has 1 N–H and O–H groups in total. The molecule has 2 fully saturated rings. The van der Waals surface area contributed by atoms with Gasteiger partial charge in [-0.15, -0.1) is 0 Å². The van der Waals surface area contributed by atoms with Gasteiger partial charge in [0.2, 0.25) is 0 Å². The van der Waals surface area contributed by atoms with Gasteiger partial charge >= 0.3 is 0 Å². The molecule has 1 aliphatic carbocycles. The van der Waals surface area contributed by atoms with Crippen LogP contribution in [-0.2, 0) is 9.47 Å². The molecule has 0 amide bonds. The minimum atomic E-state index is 0.262. The molecule has 1 saturated carbocycles. The van der Waals surface area contributed by atoms with Gasteiger partial charge in [0.05, 0.1) is 6.10 Å². The van der Waals surface area contributed by atoms with Crippen LogP contribution in [0, 0.1) is 11.3 Å². The van der Waals surface area contributed by atoms with E-state index in [4.69, 9.17) is 14.6 Å². The first-order valence-electron chi connectivity index (χ1n) is 4.56. The lowest BCUT2D eigenvalue weighted by molar-refractivity contribution is 0.0282. The molecule has 3 heteroatoms. The fourth-order valence-electron chi connectivity index (χ4n) is 2.62. The van der Waals surface area contributed by atoms with E-state index in [1.807, 2.05) is 0 Å². The van der Waals surface area contributed by atoms with Crippen molar-refractivity contribution in [2.75, 3.05) is 26.9 Å². The van der Waals surface area contributed by atoms with E-state index >= 15 is 0 Å². The Hall–Kier alpha value is -0.120. The molecule has 0 unspecified atom stereocenters. The van der Waals surface area contributed by atoms with Crippen LogP contribution in [0.1, 0.15) is 12.8 Å². The van der Waals surface area contributed by atoms with E-state index in [0.29, 0.717) is 5.92 Å². The first kappa shape index (κ1) is 8.48. The molecular weight excluding hydrogens is 156 g/mol. The Labute approximate surface area is 72.7 Å². The molecule has 0 aromatic rings. The summed E-state index contributed by atoms with van der Waals surface area (Å²) in [5, 5.41) is 9.10. The van der Waals surface area contributed by atoms with Crippen molar-refractivity contribution in [1.29, 1.82) is 0 Å². The smallest absolute Gasteiger partial charge is 0.0690 e. The molecule has 0 radical (unpaired) electrons. The average molecular weight is 172 g/mol. The summed E-state index contributed by atoms with van der Waals surface area (Å²) in [6, 6.07) is 0. The van der Waals surface area contributed by atoms with E-state index in [2.05, 4.69) is 0 Å². The number of hydrogen-bond acceptors (Lipinski definition) is 3. The third kappa shape index (κ3) is 1.00. The van der Waals surface area contributed by atoms with Crippen LogP contribution in [-0.4, -0.2) is 38.1 Å². The number of rotatable bonds is 2. The van der Waals surface area contributed by atoms with Gasteiger partial charge in [0.1, 0.15) is 0 Å². The summed E-state index contributed by atoms with van der Waals surface area (Å²) < 4.78 is 10.6. The van der Waals surface area contributed by atoms with E-state index in [9.17, 15) is 0 Å². The molecule has 1 spiro atoms. The van der Waals surface area contributed by atoms with Gasteiger partial charge in [0.25, 0.3) is 0 Å². The summed E-state index contributed by atoms with van der Waals surface area (Å²) in [6.45, 7) is 1.92. The van der Waals surface area contributed by atoms with E-state index < -0.39 is 0 Å². The summed E-state index contributed by atoms with van der Waals surface area (Å²) in [4.78, 5) is 0. The SMILES string of the molecule is CO[C@@H]1[C@H](CO)C12CCOCC2. The first-order valence-corrected chi connectivity index (χ1v) is 4.56. The maximum atomic E-state index is 9.10. The van der Waals surface area contributed by atoms with Crippen molar-refractivity contribution < 1.29 is 14.6 Å². The Morgan fingerprint density at radius 3 is 2.58 bits per heavy atom. The van der Waals surface area contributed by atoms with Gasteiger partial charge in [-0.05, 0) is 12.8 Å². The van der Waals surface area contributed by atoms with Crippen LogP contribution in [0.2, 0.25) is 0 Å². The maximum absolute atomic E-state index is 9.10. The molecule has 2 rings (SSSR count). The lowest BCUT2D eigenvalue weighted by atomic mass is 9.94. The largest absolute Gasteiger partial charge is 0.396 e. The highest BCUT2D eigenvalue weighted by Gasteiger charge is 2.64. The zero-order chi connectivity index (χ0) is 8.60. The van der Waals surface area contributed by atoms with Crippen molar-refractivity contribution in [2.24, 2.45) is 11.3 Å². The molecule has 2 aliphatic rings. The third-order valence-electron chi connectivity index (χ3n) is 3.44. The monoisotopic (exact) mass is 172 g/mol. The van der Waals surface area contributed by atoms with Gasteiger partial charge in [-0.1, -0.05) is 0 Å². The van der Waals surface area contributed by atoms with Crippen LogP contribution in [0.15, 0.2) is 0 Å². The van der Waals surface area contributed by atoms with Gasteiger partial charge in [-0.3, -0.25) is 0 Å². The van der Waals surface area contributed by atoms with E-state index in [1.54, 1.807) is 7.11 Å². The number of ether oxygens (including phenoxy) is 2. The normalized spacial score (nSPS) is 38.5. The summed E-state index contributed by atoms with van der Waals surface area (Å²) in [6.07, 6.45) is 2.39.